The zero-order valence-corrected chi connectivity index (χ0v) is 13.1. The molecule has 1 N–H and O–H groups in total. The summed E-state index contributed by atoms with van der Waals surface area (Å²) in [5.74, 6) is -1.64. The van der Waals surface area contributed by atoms with Crippen molar-refractivity contribution in [3.63, 3.8) is 0 Å². The first-order chi connectivity index (χ1) is 11.2. The summed E-state index contributed by atoms with van der Waals surface area (Å²) in [6, 6.07) is 2.37. The number of carbonyl (C=O) groups is 1. The predicted octanol–water partition coefficient (Wildman–Crippen LogP) is 2.59. The molecule has 0 spiro atoms. The maximum Gasteiger partial charge on any atom is 0.416 e. The van der Waals surface area contributed by atoms with E-state index in [1.165, 1.54) is 7.11 Å². The molecule has 1 heterocycles. The lowest BCUT2D eigenvalue weighted by molar-refractivity contribution is -0.154. The molecule has 1 fully saturated rings. The molecular formula is C16H19F4NO3. The second kappa shape index (κ2) is 7.48. The average Bonchev–Trinajstić information content (AvgIpc) is 2.55. The van der Waals surface area contributed by atoms with Crippen LogP contribution in [0.25, 0.3) is 0 Å². The number of aliphatic hydroxyl groups is 1. The normalized spacial score (nSPS) is 18.4. The molecule has 1 atom stereocenters. The maximum atomic E-state index is 13.8. The van der Waals surface area contributed by atoms with Crippen LogP contribution in [0.4, 0.5) is 17.6 Å². The number of rotatable bonds is 4. The molecule has 0 aliphatic carbocycles. The first-order valence-electron chi connectivity index (χ1n) is 7.56. The summed E-state index contributed by atoms with van der Waals surface area (Å²) in [5, 5.41) is 9.81. The van der Waals surface area contributed by atoms with Gasteiger partial charge in [0.2, 0.25) is 0 Å². The second-order valence-corrected chi connectivity index (χ2v) is 5.89. The predicted molar refractivity (Wildman–Crippen MR) is 77.4 cm³/mol. The summed E-state index contributed by atoms with van der Waals surface area (Å²) in [6.07, 6.45) is -4.75. The molecule has 1 aliphatic heterocycles. The van der Waals surface area contributed by atoms with E-state index in [1.807, 2.05) is 0 Å². The highest BCUT2D eigenvalue weighted by molar-refractivity contribution is 5.74. The maximum absolute atomic E-state index is 13.8. The number of likely N-dealkylation sites (tertiary alicyclic amines) is 1. The van der Waals surface area contributed by atoms with E-state index in [1.54, 1.807) is 4.90 Å². The minimum atomic E-state index is -4.51. The number of ether oxygens (including phenoxy) is 1. The SMILES string of the molecule is COC(=O)C(O)C1CCN(Cc2cc(C(F)(F)F)ccc2F)CC1. The van der Waals surface area contributed by atoms with Gasteiger partial charge in [0.25, 0.3) is 0 Å². The Labute approximate surface area is 137 Å². The second-order valence-electron chi connectivity index (χ2n) is 5.89. The lowest BCUT2D eigenvalue weighted by Gasteiger charge is -2.33. The van der Waals surface area contributed by atoms with Gasteiger partial charge >= 0.3 is 12.1 Å². The van der Waals surface area contributed by atoms with Crippen LogP contribution in [0.15, 0.2) is 18.2 Å². The number of methoxy groups -OCH3 is 1. The number of hydrogen-bond acceptors (Lipinski definition) is 4. The summed E-state index contributed by atoms with van der Waals surface area (Å²) in [4.78, 5) is 13.1. The highest BCUT2D eigenvalue weighted by Crippen LogP contribution is 2.31. The third kappa shape index (κ3) is 4.45. The molecule has 1 unspecified atom stereocenters. The van der Waals surface area contributed by atoms with Crippen LogP contribution in [0.3, 0.4) is 0 Å². The van der Waals surface area contributed by atoms with Crippen LogP contribution in [0.5, 0.6) is 0 Å². The van der Waals surface area contributed by atoms with Crippen LogP contribution in [-0.4, -0.2) is 42.3 Å². The van der Waals surface area contributed by atoms with Crippen LogP contribution in [0.2, 0.25) is 0 Å². The van der Waals surface area contributed by atoms with Gasteiger partial charge in [0.15, 0.2) is 6.10 Å². The number of hydrogen-bond donors (Lipinski definition) is 1. The Kier molecular flexibility index (Phi) is 5.82. The molecule has 1 aromatic rings. The van der Waals surface area contributed by atoms with Gasteiger partial charge in [-0.3, -0.25) is 4.90 Å². The van der Waals surface area contributed by atoms with E-state index in [2.05, 4.69) is 4.74 Å². The summed E-state index contributed by atoms with van der Waals surface area (Å²) in [6.45, 7) is 0.958. The van der Waals surface area contributed by atoms with Crippen LogP contribution in [0.1, 0.15) is 24.0 Å². The van der Waals surface area contributed by atoms with E-state index in [9.17, 15) is 27.5 Å². The van der Waals surface area contributed by atoms with Gasteiger partial charge in [0.05, 0.1) is 12.7 Å². The van der Waals surface area contributed by atoms with Crippen LogP contribution >= 0.6 is 0 Å². The molecule has 2 rings (SSSR count). The Hall–Kier alpha value is -1.67. The lowest BCUT2D eigenvalue weighted by Crippen LogP contribution is -2.40. The highest BCUT2D eigenvalue weighted by Gasteiger charge is 2.32. The zero-order chi connectivity index (χ0) is 17.9. The summed E-state index contributed by atoms with van der Waals surface area (Å²) < 4.78 is 56.4. The van der Waals surface area contributed by atoms with Gasteiger partial charge < -0.3 is 9.84 Å². The smallest absolute Gasteiger partial charge is 0.416 e. The molecule has 1 aliphatic rings. The number of esters is 1. The number of nitrogens with zero attached hydrogens (tertiary/aromatic N) is 1. The Morgan fingerprint density at radius 1 is 1.38 bits per heavy atom. The fraction of sp³-hybridized carbons (Fsp3) is 0.562. The van der Waals surface area contributed by atoms with Crippen molar-refractivity contribution in [2.45, 2.75) is 31.7 Å². The number of halogens is 4. The number of carbonyl (C=O) groups excluding carboxylic acids is 1. The molecule has 0 saturated carbocycles. The highest BCUT2D eigenvalue weighted by atomic mass is 19.4. The van der Waals surface area contributed by atoms with Crippen LogP contribution in [-0.2, 0) is 22.3 Å². The van der Waals surface area contributed by atoms with Gasteiger partial charge in [0, 0.05) is 12.1 Å². The van der Waals surface area contributed by atoms with Crippen molar-refractivity contribution < 1.29 is 32.2 Å². The molecule has 24 heavy (non-hydrogen) atoms. The molecule has 0 amide bonds. The molecule has 4 nitrogen and oxygen atoms in total. The van der Waals surface area contributed by atoms with Crippen molar-refractivity contribution in [2.75, 3.05) is 20.2 Å². The Morgan fingerprint density at radius 2 is 2.00 bits per heavy atom. The van der Waals surface area contributed by atoms with E-state index in [4.69, 9.17) is 0 Å². The Morgan fingerprint density at radius 3 is 2.54 bits per heavy atom. The van der Waals surface area contributed by atoms with Gasteiger partial charge in [-0.25, -0.2) is 9.18 Å². The topological polar surface area (TPSA) is 49.8 Å². The van der Waals surface area contributed by atoms with E-state index in [0.29, 0.717) is 25.9 Å². The van der Waals surface area contributed by atoms with Gasteiger partial charge in [-0.2, -0.15) is 13.2 Å². The van der Waals surface area contributed by atoms with Crippen molar-refractivity contribution >= 4 is 5.97 Å². The average molecular weight is 349 g/mol. The number of benzene rings is 1. The van der Waals surface area contributed by atoms with Gasteiger partial charge in [0.1, 0.15) is 5.82 Å². The van der Waals surface area contributed by atoms with Crippen molar-refractivity contribution in [3.8, 4) is 0 Å². The molecule has 0 radical (unpaired) electrons. The fourth-order valence-corrected chi connectivity index (χ4v) is 2.85. The minimum Gasteiger partial charge on any atom is -0.467 e. The fourth-order valence-electron chi connectivity index (χ4n) is 2.85. The Bertz CT molecular complexity index is 583. The van der Waals surface area contributed by atoms with E-state index in [0.717, 1.165) is 18.2 Å². The van der Waals surface area contributed by atoms with Gasteiger partial charge in [-0.05, 0) is 50.0 Å². The molecule has 1 saturated heterocycles. The first-order valence-corrected chi connectivity index (χ1v) is 7.56. The molecule has 8 heteroatoms. The molecular weight excluding hydrogens is 330 g/mol. The van der Waals surface area contributed by atoms with E-state index in [-0.39, 0.29) is 18.0 Å². The third-order valence-electron chi connectivity index (χ3n) is 4.29. The number of alkyl halides is 3. The van der Waals surface area contributed by atoms with Gasteiger partial charge in [-0.15, -0.1) is 0 Å². The molecule has 134 valence electrons. The minimum absolute atomic E-state index is 0.0169. The third-order valence-corrected chi connectivity index (χ3v) is 4.29. The first kappa shape index (κ1) is 18.7. The quantitative estimate of drug-likeness (QED) is 0.671. The number of piperidine rings is 1. The standard InChI is InChI=1S/C16H19F4NO3/c1-24-15(23)14(22)10-4-6-21(7-5-10)9-11-8-12(16(18,19)20)2-3-13(11)17/h2-3,8,10,14,22H,4-7,9H2,1H3. The zero-order valence-electron chi connectivity index (χ0n) is 13.1. The van der Waals surface area contributed by atoms with Crippen molar-refractivity contribution in [1.29, 1.82) is 0 Å². The van der Waals surface area contributed by atoms with Crippen molar-refractivity contribution in [3.05, 3.63) is 35.1 Å². The monoisotopic (exact) mass is 349 g/mol. The molecule has 0 aromatic heterocycles. The largest absolute Gasteiger partial charge is 0.467 e. The molecule has 1 aromatic carbocycles. The van der Waals surface area contributed by atoms with Crippen LogP contribution in [0, 0.1) is 11.7 Å². The van der Waals surface area contributed by atoms with Crippen molar-refractivity contribution in [1.82, 2.24) is 4.90 Å². The van der Waals surface area contributed by atoms with Crippen molar-refractivity contribution in [2.24, 2.45) is 5.92 Å². The number of aliphatic hydroxyl groups excluding tert-OH is 1. The van der Waals surface area contributed by atoms with Gasteiger partial charge in [-0.1, -0.05) is 0 Å². The van der Waals surface area contributed by atoms with Crippen LogP contribution < -0.4 is 0 Å². The summed E-state index contributed by atoms with van der Waals surface area (Å²) >= 11 is 0. The molecule has 0 bridgehead atoms. The van der Waals surface area contributed by atoms with E-state index < -0.39 is 29.6 Å². The summed E-state index contributed by atoms with van der Waals surface area (Å²) in [7, 11) is 1.19. The lowest BCUT2D eigenvalue weighted by atomic mass is 9.91. The Balaban J connectivity index is 1.98. The van der Waals surface area contributed by atoms with E-state index >= 15 is 0 Å². The summed E-state index contributed by atoms with van der Waals surface area (Å²) in [5.41, 5.74) is -0.897.